The zero-order valence-corrected chi connectivity index (χ0v) is 18.1. The molecule has 0 aliphatic carbocycles. The Hall–Kier alpha value is 0.487. The van der Waals surface area contributed by atoms with Crippen LogP contribution in [0.4, 0.5) is 0 Å². The molecule has 0 saturated heterocycles. The third-order valence-corrected chi connectivity index (χ3v) is 8.63. The minimum absolute atomic E-state index is 0.784. The number of unbranched alkanes of at least 4 members (excludes halogenated alkanes) is 9. The van der Waals surface area contributed by atoms with Gasteiger partial charge in [0, 0.05) is 13.2 Å². The van der Waals surface area contributed by atoms with E-state index in [4.69, 9.17) is 8.85 Å². The Kier molecular flexibility index (Phi) is 17.7. The van der Waals surface area contributed by atoms with E-state index in [2.05, 4.69) is 39.1 Å². The van der Waals surface area contributed by atoms with Gasteiger partial charge in [0.1, 0.15) is 0 Å². The molecule has 0 aliphatic rings. The first-order chi connectivity index (χ1) is 11.2. The van der Waals surface area contributed by atoms with Gasteiger partial charge in [-0.15, -0.1) is 0 Å². The SMILES string of the molecule is CCCCCCCCCCCCSCC[Si](C)(OCC)OCC. The van der Waals surface area contributed by atoms with Gasteiger partial charge in [0.2, 0.25) is 0 Å². The zero-order valence-electron chi connectivity index (χ0n) is 16.3. The van der Waals surface area contributed by atoms with Gasteiger partial charge in [0.15, 0.2) is 0 Å². The zero-order chi connectivity index (χ0) is 17.2. The summed E-state index contributed by atoms with van der Waals surface area (Å²) in [4.78, 5) is 0. The molecule has 0 N–H and O–H groups in total. The molecular weight excluding hydrogens is 320 g/mol. The highest BCUT2D eigenvalue weighted by molar-refractivity contribution is 7.99. The van der Waals surface area contributed by atoms with E-state index < -0.39 is 8.56 Å². The Balaban J connectivity index is 3.32. The summed E-state index contributed by atoms with van der Waals surface area (Å²) in [5.74, 6) is 2.50. The molecule has 0 spiro atoms. The van der Waals surface area contributed by atoms with Crippen molar-refractivity contribution in [3.8, 4) is 0 Å². The van der Waals surface area contributed by atoms with E-state index in [0.717, 1.165) is 19.3 Å². The maximum atomic E-state index is 5.88. The van der Waals surface area contributed by atoms with Crippen LogP contribution in [-0.2, 0) is 8.85 Å². The van der Waals surface area contributed by atoms with Crippen molar-refractivity contribution < 1.29 is 8.85 Å². The monoisotopic (exact) mass is 362 g/mol. The van der Waals surface area contributed by atoms with E-state index in [1.54, 1.807) is 0 Å². The Morgan fingerprint density at radius 1 is 0.652 bits per heavy atom. The lowest BCUT2D eigenvalue weighted by atomic mass is 10.1. The number of rotatable bonds is 18. The van der Waals surface area contributed by atoms with Crippen LogP contribution in [0, 0.1) is 0 Å². The van der Waals surface area contributed by atoms with Crippen molar-refractivity contribution in [2.45, 2.75) is 97.6 Å². The Bertz CT molecular complexity index is 233. The first-order valence-electron chi connectivity index (χ1n) is 10.0. The second-order valence-electron chi connectivity index (χ2n) is 6.54. The molecule has 0 heterocycles. The highest BCUT2D eigenvalue weighted by Gasteiger charge is 2.29. The van der Waals surface area contributed by atoms with Gasteiger partial charge >= 0.3 is 8.56 Å². The summed E-state index contributed by atoms with van der Waals surface area (Å²) in [6.45, 7) is 10.2. The lowest BCUT2D eigenvalue weighted by molar-refractivity contribution is 0.190. The average molecular weight is 363 g/mol. The second-order valence-corrected chi connectivity index (χ2v) is 11.1. The van der Waals surface area contributed by atoms with Gasteiger partial charge in [0.05, 0.1) is 0 Å². The van der Waals surface area contributed by atoms with Crippen molar-refractivity contribution in [1.82, 2.24) is 0 Å². The van der Waals surface area contributed by atoms with Crippen LogP contribution < -0.4 is 0 Å². The normalized spacial score (nSPS) is 12.0. The van der Waals surface area contributed by atoms with Gasteiger partial charge in [-0.2, -0.15) is 11.8 Å². The van der Waals surface area contributed by atoms with Crippen LogP contribution in [0.2, 0.25) is 12.6 Å². The first kappa shape index (κ1) is 23.5. The minimum atomic E-state index is -1.87. The quantitative estimate of drug-likeness (QED) is 0.198. The molecule has 0 bridgehead atoms. The lowest BCUT2D eigenvalue weighted by Crippen LogP contribution is -2.39. The number of hydrogen-bond acceptors (Lipinski definition) is 3. The summed E-state index contributed by atoms with van der Waals surface area (Å²) in [7, 11) is -1.87. The van der Waals surface area contributed by atoms with Gasteiger partial charge in [-0.25, -0.2) is 0 Å². The van der Waals surface area contributed by atoms with E-state index >= 15 is 0 Å². The van der Waals surface area contributed by atoms with Crippen LogP contribution in [0.3, 0.4) is 0 Å². The van der Waals surface area contributed by atoms with Crippen LogP contribution in [-0.4, -0.2) is 33.3 Å². The molecule has 0 rings (SSSR count). The van der Waals surface area contributed by atoms with Crippen molar-refractivity contribution >= 4 is 20.3 Å². The van der Waals surface area contributed by atoms with Crippen LogP contribution in [0.1, 0.15) is 85.0 Å². The van der Waals surface area contributed by atoms with Crippen LogP contribution in [0.25, 0.3) is 0 Å². The van der Waals surface area contributed by atoms with Gasteiger partial charge in [-0.3, -0.25) is 0 Å². The van der Waals surface area contributed by atoms with Crippen molar-refractivity contribution in [2.24, 2.45) is 0 Å². The Morgan fingerprint density at radius 2 is 1.13 bits per heavy atom. The summed E-state index contributed by atoms with van der Waals surface area (Å²) in [6.07, 6.45) is 14.2. The molecule has 0 saturated carbocycles. The van der Waals surface area contributed by atoms with Gasteiger partial charge in [-0.05, 0) is 44.4 Å². The molecule has 0 fully saturated rings. The van der Waals surface area contributed by atoms with E-state index in [0.29, 0.717) is 0 Å². The molecule has 140 valence electrons. The molecule has 0 aliphatic heterocycles. The predicted molar refractivity (Wildman–Crippen MR) is 109 cm³/mol. The summed E-state index contributed by atoms with van der Waals surface area (Å²) < 4.78 is 11.8. The molecule has 0 amide bonds. The summed E-state index contributed by atoms with van der Waals surface area (Å²) in [5, 5.41) is 0. The van der Waals surface area contributed by atoms with Gasteiger partial charge in [0.25, 0.3) is 0 Å². The molecule has 4 heteroatoms. The molecule has 2 nitrogen and oxygen atoms in total. The van der Waals surface area contributed by atoms with E-state index in [1.165, 1.54) is 75.7 Å². The first-order valence-corrected chi connectivity index (χ1v) is 13.7. The maximum absolute atomic E-state index is 5.88. The largest absolute Gasteiger partial charge is 0.395 e. The van der Waals surface area contributed by atoms with Crippen molar-refractivity contribution in [3.05, 3.63) is 0 Å². The third-order valence-electron chi connectivity index (χ3n) is 4.24. The summed E-state index contributed by atoms with van der Waals surface area (Å²) in [6, 6.07) is 1.12. The van der Waals surface area contributed by atoms with Crippen molar-refractivity contribution in [2.75, 3.05) is 24.7 Å². The minimum Gasteiger partial charge on any atom is -0.395 e. The molecular formula is C19H42O2SSi. The molecule has 0 atom stereocenters. The Morgan fingerprint density at radius 3 is 1.61 bits per heavy atom. The third kappa shape index (κ3) is 15.7. The summed E-state index contributed by atoms with van der Waals surface area (Å²) in [5.41, 5.74) is 0. The van der Waals surface area contributed by atoms with Gasteiger partial charge < -0.3 is 8.85 Å². The number of hydrogen-bond donors (Lipinski definition) is 0. The highest BCUT2D eigenvalue weighted by Crippen LogP contribution is 2.19. The standard InChI is InChI=1S/C19H42O2SSi/c1-5-8-9-10-11-12-13-14-15-16-17-22-18-19-23(4,20-6-2)21-7-3/h5-19H2,1-4H3. The molecule has 23 heavy (non-hydrogen) atoms. The maximum Gasteiger partial charge on any atom is 0.335 e. The highest BCUT2D eigenvalue weighted by atomic mass is 32.2. The van der Waals surface area contributed by atoms with Crippen molar-refractivity contribution in [3.63, 3.8) is 0 Å². The van der Waals surface area contributed by atoms with Crippen LogP contribution >= 0.6 is 11.8 Å². The number of thioether (sulfide) groups is 1. The lowest BCUT2D eigenvalue weighted by Gasteiger charge is -2.25. The smallest absolute Gasteiger partial charge is 0.335 e. The van der Waals surface area contributed by atoms with Crippen LogP contribution in [0.5, 0.6) is 0 Å². The fourth-order valence-corrected chi connectivity index (χ4v) is 7.11. The summed E-state index contributed by atoms with van der Waals surface area (Å²) >= 11 is 2.08. The molecule has 0 aromatic heterocycles. The molecule has 0 aromatic carbocycles. The molecule has 0 unspecified atom stereocenters. The Labute approximate surface area is 151 Å². The second kappa shape index (κ2) is 17.3. The molecule has 0 aromatic rings. The predicted octanol–water partition coefficient (Wildman–Crippen LogP) is 6.79. The fourth-order valence-electron chi connectivity index (χ4n) is 2.85. The van der Waals surface area contributed by atoms with Crippen molar-refractivity contribution in [1.29, 1.82) is 0 Å². The van der Waals surface area contributed by atoms with Gasteiger partial charge in [-0.1, -0.05) is 64.7 Å². The fraction of sp³-hybridized carbons (Fsp3) is 1.00. The average Bonchev–Trinajstić information content (AvgIpc) is 2.52. The van der Waals surface area contributed by atoms with E-state index in [-0.39, 0.29) is 0 Å². The van der Waals surface area contributed by atoms with E-state index in [1.807, 2.05) is 0 Å². The van der Waals surface area contributed by atoms with Crippen LogP contribution in [0.15, 0.2) is 0 Å². The van der Waals surface area contributed by atoms with E-state index in [9.17, 15) is 0 Å². The topological polar surface area (TPSA) is 18.5 Å². The molecule has 0 radical (unpaired) electrons.